The highest BCUT2D eigenvalue weighted by Crippen LogP contribution is 2.20. The van der Waals surface area contributed by atoms with Crippen molar-refractivity contribution in [2.45, 2.75) is 64.6 Å². The minimum Gasteiger partial charge on any atom is -0.392 e. The SMILES string of the molecule is CCC(CC)n1ccc(CN2CCCCC2C(N)=S)n1. The van der Waals surface area contributed by atoms with Gasteiger partial charge in [0.2, 0.25) is 0 Å². The number of rotatable bonds is 6. The molecular formula is C15H26N4S. The summed E-state index contributed by atoms with van der Waals surface area (Å²) in [6.45, 7) is 6.35. The average Bonchev–Trinajstić information content (AvgIpc) is 2.89. The van der Waals surface area contributed by atoms with Crippen molar-refractivity contribution < 1.29 is 0 Å². The molecule has 4 nitrogen and oxygen atoms in total. The Kier molecular flexibility index (Phi) is 5.54. The molecule has 1 unspecified atom stereocenters. The summed E-state index contributed by atoms with van der Waals surface area (Å²) in [5, 5.41) is 4.73. The van der Waals surface area contributed by atoms with Crippen molar-refractivity contribution in [3.63, 3.8) is 0 Å². The van der Waals surface area contributed by atoms with E-state index in [9.17, 15) is 0 Å². The van der Waals surface area contributed by atoms with Crippen LogP contribution in [0, 0.1) is 0 Å². The molecule has 0 aliphatic carbocycles. The molecule has 1 aromatic heterocycles. The van der Waals surface area contributed by atoms with Gasteiger partial charge in [0.05, 0.1) is 22.8 Å². The number of thiocarbonyl (C=S) groups is 1. The molecule has 2 rings (SSSR count). The van der Waals surface area contributed by atoms with Crippen LogP contribution in [0.1, 0.15) is 57.7 Å². The van der Waals surface area contributed by atoms with Crippen molar-refractivity contribution in [1.29, 1.82) is 0 Å². The number of hydrogen-bond donors (Lipinski definition) is 1. The van der Waals surface area contributed by atoms with Crippen molar-refractivity contribution >= 4 is 17.2 Å². The zero-order valence-corrected chi connectivity index (χ0v) is 13.4. The standard InChI is InChI=1S/C15H26N4S/c1-3-13(4-2)19-10-8-12(17-19)11-18-9-6-5-7-14(18)15(16)20/h8,10,13-14H,3-7,9,11H2,1-2H3,(H2,16,20). The highest BCUT2D eigenvalue weighted by molar-refractivity contribution is 7.80. The van der Waals surface area contributed by atoms with Crippen LogP contribution in [0.4, 0.5) is 0 Å². The number of piperidine rings is 1. The second-order valence-corrected chi connectivity index (χ2v) is 6.11. The Morgan fingerprint density at radius 2 is 2.20 bits per heavy atom. The van der Waals surface area contributed by atoms with Crippen molar-refractivity contribution in [2.75, 3.05) is 6.54 Å². The third-order valence-electron chi connectivity index (χ3n) is 4.29. The molecule has 1 aromatic rings. The maximum Gasteiger partial charge on any atom is 0.0902 e. The van der Waals surface area contributed by atoms with Crippen LogP contribution in [0.5, 0.6) is 0 Å². The first-order chi connectivity index (χ1) is 9.65. The first kappa shape index (κ1) is 15.4. The predicted octanol–water partition coefficient (Wildman–Crippen LogP) is 2.88. The van der Waals surface area contributed by atoms with Gasteiger partial charge >= 0.3 is 0 Å². The van der Waals surface area contributed by atoms with Crippen molar-refractivity contribution in [2.24, 2.45) is 5.73 Å². The number of nitrogens with two attached hydrogens (primary N) is 1. The molecule has 1 aliphatic heterocycles. The van der Waals surface area contributed by atoms with Gasteiger partial charge in [0.25, 0.3) is 0 Å². The van der Waals surface area contributed by atoms with Gasteiger partial charge in [-0.2, -0.15) is 5.10 Å². The summed E-state index contributed by atoms with van der Waals surface area (Å²) in [4.78, 5) is 3.01. The predicted molar refractivity (Wildman–Crippen MR) is 86.7 cm³/mol. The van der Waals surface area contributed by atoms with Gasteiger partial charge in [-0.3, -0.25) is 9.58 Å². The maximum absolute atomic E-state index is 5.87. The molecule has 2 heterocycles. The molecule has 0 saturated carbocycles. The Balaban J connectivity index is 2.03. The van der Waals surface area contributed by atoms with E-state index in [0.29, 0.717) is 11.0 Å². The molecule has 2 N–H and O–H groups in total. The van der Waals surface area contributed by atoms with Crippen molar-refractivity contribution in [1.82, 2.24) is 14.7 Å². The summed E-state index contributed by atoms with van der Waals surface area (Å²) in [6.07, 6.45) is 7.88. The lowest BCUT2D eigenvalue weighted by Gasteiger charge is -2.34. The highest BCUT2D eigenvalue weighted by Gasteiger charge is 2.25. The largest absolute Gasteiger partial charge is 0.392 e. The van der Waals surface area contributed by atoms with Crippen LogP contribution in [0.25, 0.3) is 0 Å². The van der Waals surface area contributed by atoms with Gasteiger partial charge in [0.15, 0.2) is 0 Å². The second-order valence-electron chi connectivity index (χ2n) is 5.64. The van der Waals surface area contributed by atoms with Gasteiger partial charge in [0.1, 0.15) is 0 Å². The molecule has 0 amide bonds. The first-order valence-electron chi connectivity index (χ1n) is 7.73. The van der Waals surface area contributed by atoms with Crippen LogP contribution in [-0.4, -0.2) is 32.3 Å². The zero-order valence-electron chi connectivity index (χ0n) is 12.6. The molecule has 1 aliphatic rings. The lowest BCUT2D eigenvalue weighted by Crippen LogP contribution is -2.46. The summed E-state index contributed by atoms with van der Waals surface area (Å²) < 4.78 is 2.11. The highest BCUT2D eigenvalue weighted by atomic mass is 32.1. The number of nitrogens with zero attached hydrogens (tertiary/aromatic N) is 3. The van der Waals surface area contributed by atoms with E-state index < -0.39 is 0 Å². The molecule has 0 aromatic carbocycles. The zero-order chi connectivity index (χ0) is 14.5. The fourth-order valence-corrected chi connectivity index (χ4v) is 3.31. The Hall–Kier alpha value is -0.940. The van der Waals surface area contributed by atoms with E-state index >= 15 is 0 Å². The maximum atomic E-state index is 5.87. The van der Waals surface area contributed by atoms with E-state index in [-0.39, 0.29) is 6.04 Å². The third kappa shape index (κ3) is 3.58. The lowest BCUT2D eigenvalue weighted by atomic mass is 10.0. The number of aromatic nitrogens is 2. The lowest BCUT2D eigenvalue weighted by molar-refractivity contribution is 0.182. The molecule has 1 saturated heterocycles. The van der Waals surface area contributed by atoms with Crippen LogP contribution in [0.3, 0.4) is 0 Å². The molecule has 112 valence electrons. The third-order valence-corrected chi connectivity index (χ3v) is 4.56. The molecule has 1 atom stereocenters. The molecular weight excluding hydrogens is 268 g/mol. The van der Waals surface area contributed by atoms with Gasteiger partial charge in [-0.25, -0.2) is 0 Å². The smallest absolute Gasteiger partial charge is 0.0902 e. The summed E-state index contributed by atoms with van der Waals surface area (Å²) >= 11 is 5.20. The Morgan fingerprint density at radius 3 is 2.85 bits per heavy atom. The van der Waals surface area contributed by atoms with Gasteiger partial charge in [0, 0.05) is 12.7 Å². The summed E-state index contributed by atoms with van der Waals surface area (Å²) in [7, 11) is 0. The van der Waals surface area contributed by atoms with Gasteiger partial charge in [-0.15, -0.1) is 0 Å². The van der Waals surface area contributed by atoms with Crippen molar-refractivity contribution in [3.05, 3.63) is 18.0 Å². The van der Waals surface area contributed by atoms with Crippen LogP contribution in [0.15, 0.2) is 12.3 Å². The fraction of sp³-hybridized carbons (Fsp3) is 0.733. The van der Waals surface area contributed by atoms with E-state index in [2.05, 4.69) is 35.7 Å². The van der Waals surface area contributed by atoms with Gasteiger partial charge in [-0.05, 0) is 38.3 Å². The monoisotopic (exact) mass is 294 g/mol. The number of likely N-dealkylation sites (tertiary alicyclic amines) is 1. The van der Waals surface area contributed by atoms with E-state index in [1.165, 1.54) is 12.8 Å². The van der Waals surface area contributed by atoms with Gasteiger partial charge < -0.3 is 5.73 Å². The topological polar surface area (TPSA) is 47.1 Å². The van der Waals surface area contributed by atoms with Crippen LogP contribution in [-0.2, 0) is 6.54 Å². The Morgan fingerprint density at radius 1 is 1.45 bits per heavy atom. The van der Waals surface area contributed by atoms with Crippen LogP contribution < -0.4 is 5.73 Å². The summed E-state index contributed by atoms with van der Waals surface area (Å²) in [5.41, 5.74) is 7.00. The minimum atomic E-state index is 0.247. The van der Waals surface area contributed by atoms with E-state index in [0.717, 1.165) is 38.0 Å². The molecule has 0 bridgehead atoms. The minimum absolute atomic E-state index is 0.247. The fourth-order valence-electron chi connectivity index (χ4n) is 3.04. The number of hydrogen-bond acceptors (Lipinski definition) is 3. The Bertz CT molecular complexity index is 439. The Labute approximate surface area is 127 Å². The molecule has 0 radical (unpaired) electrons. The summed E-state index contributed by atoms with van der Waals surface area (Å²) in [6, 6.07) is 2.89. The molecule has 5 heteroatoms. The molecule has 20 heavy (non-hydrogen) atoms. The molecule has 0 spiro atoms. The quantitative estimate of drug-likeness (QED) is 0.820. The van der Waals surface area contributed by atoms with Crippen LogP contribution >= 0.6 is 12.2 Å². The van der Waals surface area contributed by atoms with E-state index in [4.69, 9.17) is 23.1 Å². The first-order valence-corrected chi connectivity index (χ1v) is 8.13. The summed E-state index contributed by atoms with van der Waals surface area (Å²) in [5.74, 6) is 0. The molecule has 1 fully saturated rings. The van der Waals surface area contributed by atoms with E-state index in [1.54, 1.807) is 0 Å². The van der Waals surface area contributed by atoms with E-state index in [1.807, 2.05) is 0 Å². The average molecular weight is 294 g/mol. The normalized spacial score (nSPS) is 20.4. The second kappa shape index (κ2) is 7.18. The van der Waals surface area contributed by atoms with Crippen molar-refractivity contribution in [3.8, 4) is 0 Å². The van der Waals surface area contributed by atoms with Gasteiger partial charge in [-0.1, -0.05) is 32.5 Å². The van der Waals surface area contributed by atoms with Crippen LogP contribution in [0.2, 0.25) is 0 Å².